The summed E-state index contributed by atoms with van der Waals surface area (Å²) in [5.41, 5.74) is 6.17. The molecule has 0 radical (unpaired) electrons. The number of aryl methyl sites for hydroxylation is 2. The van der Waals surface area contributed by atoms with Gasteiger partial charge in [0.15, 0.2) is 0 Å². The second-order valence-electron chi connectivity index (χ2n) is 7.85. The molecule has 2 N–H and O–H groups in total. The minimum Gasteiger partial charge on any atom is -0.399 e. The molecule has 4 aromatic carbocycles. The van der Waals surface area contributed by atoms with Crippen molar-refractivity contribution in [1.82, 2.24) is 0 Å². The zero-order chi connectivity index (χ0) is 26.6. The molecular formula is C29H32F3NO3S. The Morgan fingerprint density at radius 3 is 1.51 bits per heavy atom. The molecule has 4 aromatic rings. The fourth-order valence-corrected chi connectivity index (χ4v) is 3.21. The third-order valence-electron chi connectivity index (χ3n) is 4.68. The first-order valence-corrected chi connectivity index (χ1v) is 12.3. The quantitative estimate of drug-likeness (QED) is 0.166. The number of rotatable bonds is 4. The van der Waals surface area contributed by atoms with Crippen molar-refractivity contribution in [3.05, 3.63) is 131 Å². The Balaban J connectivity index is 0.000000284. The smallest absolute Gasteiger partial charge is 0.399 e. The topological polar surface area (TPSA) is 69.4 Å². The van der Waals surface area contributed by atoms with E-state index in [9.17, 15) is 21.6 Å². The minimum absolute atomic E-state index is 0. The number of hydrogen-bond donors (Lipinski definition) is 1. The van der Waals surface area contributed by atoms with Crippen LogP contribution in [0.1, 0.15) is 29.7 Å². The SMILES string of the molecule is C.Cc1ccc(Cc2ccccc2)cc1.Cc1ccc(N)cc1.O=S(=O)(Oc1ccccc1)C(F)(F)F. The van der Waals surface area contributed by atoms with E-state index in [1.54, 1.807) is 0 Å². The van der Waals surface area contributed by atoms with E-state index in [0.29, 0.717) is 0 Å². The Morgan fingerprint density at radius 2 is 1.08 bits per heavy atom. The summed E-state index contributed by atoms with van der Waals surface area (Å²) < 4.78 is 60.2. The number of anilines is 1. The van der Waals surface area contributed by atoms with E-state index in [1.807, 2.05) is 31.2 Å². The van der Waals surface area contributed by atoms with E-state index in [0.717, 1.165) is 24.2 Å². The van der Waals surface area contributed by atoms with E-state index in [-0.39, 0.29) is 13.2 Å². The van der Waals surface area contributed by atoms with Gasteiger partial charge in [0, 0.05) is 5.69 Å². The molecule has 4 rings (SSSR count). The predicted octanol–water partition coefficient (Wildman–Crippen LogP) is 7.71. The van der Waals surface area contributed by atoms with Crippen LogP contribution in [0.2, 0.25) is 0 Å². The number of halogens is 3. The Hall–Kier alpha value is -3.78. The van der Waals surface area contributed by atoms with Gasteiger partial charge >= 0.3 is 15.6 Å². The molecule has 0 fully saturated rings. The molecule has 8 heteroatoms. The third kappa shape index (κ3) is 11.7. The first-order chi connectivity index (χ1) is 17.0. The summed E-state index contributed by atoms with van der Waals surface area (Å²) in [4.78, 5) is 0. The van der Waals surface area contributed by atoms with Gasteiger partial charge in [-0.1, -0.05) is 103 Å². The van der Waals surface area contributed by atoms with Crippen molar-refractivity contribution in [3.8, 4) is 5.75 Å². The van der Waals surface area contributed by atoms with Crippen molar-refractivity contribution < 1.29 is 25.8 Å². The number of benzene rings is 4. The Kier molecular flexibility index (Phi) is 12.4. The van der Waals surface area contributed by atoms with Crippen LogP contribution in [0.25, 0.3) is 0 Å². The zero-order valence-electron chi connectivity index (χ0n) is 19.9. The monoisotopic (exact) mass is 531 g/mol. The van der Waals surface area contributed by atoms with Gasteiger partial charge in [-0.25, -0.2) is 0 Å². The molecular weight excluding hydrogens is 499 g/mol. The van der Waals surface area contributed by atoms with Gasteiger partial charge in [0.1, 0.15) is 5.75 Å². The van der Waals surface area contributed by atoms with Crippen molar-refractivity contribution in [2.75, 3.05) is 5.73 Å². The molecule has 37 heavy (non-hydrogen) atoms. The Bertz CT molecular complexity index is 1260. The summed E-state index contributed by atoms with van der Waals surface area (Å²) in [6.45, 7) is 4.16. The highest BCUT2D eigenvalue weighted by atomic mass is 32.2. The van der Waals surface area contributed by atoms with E-state index in [2.05, 4.69) is 65.7 Å². The van der Waals surface area contributed by atoms with Gasteiger partial charge in [-0.15, -0.1) is 0 Å². The fourth-order valence-electron chi connectivity index (χ4n) is 2.75. The molecule has 0 amide bonds. The number of alkyl halides is 3. The van der Waals surface area contributed by atoms with E-state index in [1.165, 1.54) is 40.5 Å². The normalized spacial score (nSPS) is 10.5. The van der Waals surface area contributed by atoms with Gasteiger partial charge < -0.3 is 9.92 Å². The van der Waals surface area contributed by atoms with Crippen LogP contribution in [0, 0.1) is 13.8 Å². The van der Waals surface area contributed by atoms with Gasteiger partial charge in [-0.3, -0.25) is 0 Å². The van der Waals surface area contributed by atoms with E-state index in [4.69, 9.17) is 5.73 Å². The number of nitrogen functional groups attached to an aromatic ring is 1. The zero-order valence-corrected chi connectivity index (χ0v) is 20.8. The summed E-state index contributed by atoms with van der Waals surface area (Å²) >= 11 is 0. The van der Waals surface area contributed by atoms with Gasteiger partial charge in [0.05, 0.1) is 0 Å². The third-order valence-corrected chi connectivity index (χ3v) is 5.66. The summed E-state index contributed by atoms with van der Waals surface area (Å²) in [5.74, 6) is -0.371. The maximum Gasteiger partial charge on any atom is 0.534 e. The molecule has 0 saturated heterocycles. The molecule has 0 bridgehead atoms. The molecule has 198 valence electrons. The van der Waals surface area contributed by atoms with Crippen LogP contribution in [0.5, 0.6) is 5.75 Å². The van der Waals surface area contributed by atoms with Crippen LogP contribution in [-0.2, 0) is 16.5 Å². The standard InChI is InChI=1S/C14H14.C7H5F3O3S.C7H9N.CH4/c1-12-7-9-14(10-8-12)11-13-5-3-2-4-6-13;8-7(9,10)14(11,12)13-6-4-2-1-3-5-6;1-6-2-4-7(8)5-3-6;/h2-10H,11H2,1H3;1-5H;2-5H,8H2,1H3;1H4. The van der Waals surface area contributed by atoms with Crippen LogP contribution >= 0.6 is 0 Å². The van der Waals surface area contributed by atoms with Gasteiger partial charge in [0.2, 0.25) is 0 Å². The molecule has 4 nitrogen and oxygen atoms in total. The number of nitrogens with two attached hydrogens (primary N) is 1. The first-order valence-electron chi connectivity index (χ1n) is 10.9. The molecule has 0 aromatic heterocycles. The molecule has 0 spiro atoms. The maximum absolute atomic E-state index is 11.8. The van der Waals surface area contributed by atoms with Crippen molar-refractivity contribution in [2.45, 2.75) is 33.2 Å². The molecule has 0 unspecified atom stereocenters. The molecule has 0 saturated carbocycles. The molecule has 0 aliphatic rings. The molecule has 0 atom stereocenters. The van der Waals surface area contributed by atoms with Crippen molar-refractivity contribution in [2.24, 2.45) is 0 Å². The lowest BCUT2D eigenvalue weighted by Gasteiger charge is -2.08. The van der Waals surface area contributed by atoms with Crippen molar-refractivity contribution in [1.29, 1.82) is 0 Å². The summed E-state index contributed by atoms with van der Waals surface area (Å²) in [7, 11) is -5.55. The highest BCUT2D eigenvalue weighted by molar-refractivity contribution is 7.88. The summed E-state index contributed by atoms with van der Waals surface area (Å²) in [6.07, 6.45) is 1.03. The van der Waals surface area contributed by atoms with Crippen LogP contribution in [-0.4, -0.2) is 13.9 Å². The van der Waals surface area contributed by atoms with Gasteiger partial charge in [-0.05, 0) is 55.7 Å². The largest absolute Gasteiger partial charge is 0.534 e. The van der Waals surface area contributed by atoms with E-state index >= 15 is 0 Å². The predicted molar refractivity (Wildman–Crippen MR) is 145 cm³/mol. The van der Waals surface area contributed by atoms with Gasteiger partial charge in [-0.2, -0.15) is 21.6 Å². The van der Waals surface area contributed by atoms with Crippen LogP contribution in [0.15, 0.2) is 109 Å². The van der Waals surface area contributed by atoms with Crippen molar-refractivity contribution >= 4 is 15.8 Å². The molecule has 0 aliphatic heterocycles. The maximum atomic E-state index is 11.8. The van der Waals surface area contributed by atoms with Crippen LogP contribution in [0.4, 0.5) is 18.9 Å². The minimum atomic E-state index is -5.55. The molecule has 0 heterocycles. The van der Waals surface area contributed by atoms with Crippen LogP contribution < -0.4 is 9.92 Å². The second-order valence-corrected chi connectivity index (χ2v) is 9.39. The average Bonchev–Trinajstić information content (AvgIpc) is 2.84. The fraction of sp³-hybridized carbons (Fsp3) is 0.172. The lowest BCUT2D eigenvalue weighted by Crippen LogP contribution is -2.27. The lowest BCUT2D eigenvalue weighted by atomic mass is 10.0. The van der Waals surface area contributed by atoms with Crippen LogP contribution in [0.3, 0.4) is 0 Å². The molecule has 0 aliphatic carbocycles. The second kappa shape index (κ2) is 14.7. The summed E-state index contributed by atoms with van der Waals surface area (Å²) in [6, 6.07) is 33.5. The first kappa shape index (κ1) is 31.3. The Morgan fingerprint density at radius 1 is 0.676 bits per heavy atom. The highest BCUT2D eigenvalue weighted by Crippen LogP contribution is 2.26. The lowest BCUT2D eigenvalue weighted by molar-refractivity contribution is -0.0500. The average molecular weight is 532 g/mol. The highest BCUT2D eigenvalue weighted by Gasteiger charge is 2.48. The van der Waals surface area contributed by atoms with E-state index < -0.39 is 15.6 Å². The number of para-hydroxylation sites is 1. The van der Waals surface area contributed by atoms with Crippen molar-refractivity contribution in [3.63, 3.8) is 0 Å². The van der Waals surface area contributed by atoms with Gasteiger partial charge in [0.25, 0.3) is 0 Å². The summed E-state index contributed by atoms with van der Waals surface area (Å²) in [5, 5.41) is 0. The Labute approximate surface area is 217 Å². The number of hydrogen-bond acceptors (Lipinski definition) is 4.